The van der Waals surface area contributed by atoms with Crippen molar-refractivity contribution in [1.82, 2.24) is 14.9 Å². The summed E-state index contributed by atoms with van der Waals surface area (Å²) < 4.78 is 0. The first-order chi connectivity index (χ1) is 11.6. The lowest BCUT2D eigenvalue weighted by molar-refractivity contribution is 0.0767. The predicted molar refractivity (Wildman–Crippen MR) is 95.6 cm³/mol. The summed E-state index contributed by atoms with van der Waals surface area (Å²) in [7, 11) is 0. The monoisotopic (exact) mass is 365 g/mol. The van der Waals surface area contributed by atoms with Crippen molar-refractivity contribution in [2.45, 2.75) is 6.42 Å². The molecule has 1 amide bonds. The molecule has 3 rings (SSSR count). The van der Waals surface area contributed by atoms with Crippen molar-refractivity contribution in [2.75, 3.05) is 36.8 Å². The summed E-state index contributed by atoms with van der Waals surface area (Å²) in [5.74, 6) is 0.881. The molecular formula is C16H17Cl2N5O. The summed E-state index contributed by atoms with van der Waals surface area (Å²) in [4.78, 5) is 24.6. The highest BCUT2D eigenvalue weighted by Gasteiger charge is 2.22. The fourth-order valence-corrected chi connectivity index (χ4v) is 3.04. The number of nitrogens with two attached hydrogens (primary N) is 1. The summed E-state index contributed by atoms with van der Waals surface area (Å²) in [5.41, 5.74) is 6.38. The van der Waals surface area contributed by atoms with Gasteiger partial charge in [-0.05, 0) is 30.7 Å². The molecular weight excluding hydrogens is 349 g/mol. The predicted octanol–water partition coefficient (Wildman–Crippen LogP) is 2.72. The minimum Gasteiger partial charge on any atom is -0.382 e. The molecule has 1 aromatic heterocycles. The zero-order valence-corrected chi connectivity index (χ0v) is 14.5. The van der Waals surface area contributed by atoms with Crippen LogP contribution in [-0.4, -0.2) is 47.0 Å². The summed E-state index contributed by atoms with van der Waals surface area (Å²) >= 11 is 12.1. The average Bonchev–Trinajstić information content (AvgIpc) is 2.83. The smallest absolute Gasteiger partial charge is 0.253 e. The van der Waals surface area contributed by atoms with E-state index < -0.39 is 0 Å². The lowest BCUT2D eigenvalue weighted by atomic mass is 10.2. The SMILES string of the molecule is Nc1ncnc(N2CCCN(C(=O)c3ccc(Cl)cc3)CC2)c1Cl. The van der Waals surface area contributed by atoms with Gasteiger partial charge in [0, 0.05) is 36.8 Å². The molecule has 1 aromatic carbocycles. The Kier molecular flexibility index (Phi) is 5.06. The van der Waals surface area contributed by atoms with Gasteiger partial charge in [-0.1, -0.05) is 23.2 Å². The highest BCUT2D eigenvalue weighted by Crippen LogP contribution is 2.27. The first-order valence-electron chi connectivity index (χ1n) is 7.62. The molecule has 1 fully saturated rings. The van der Waals surface area contributed by atoms with Crippen LogP contribution in [-0.2, 0) is 0 Å². The largest absolute Gasteiger partial charge is 0.382 e. The van der Waals surface area contributed by atoms with Crippen LogP contribution in [0, 0.1) is 0 Å². The van der Waals surface area contributed by atoms with E-state index in [1.165, 1.54) is 6.33 Å². The van der Waals surface area contributed by atoms with Crippen LogP contribution >= 0.6 is 23.2 Å². The van der Waals surface area contributed by atoms with Crippen molar-refractivity contribution in [2.24, 2.45) is 0 Å². The Bertz CT molecular complexity index is 738. The second-order valence-corrected chi connectivity index (χ2v) is 6.35. The van der Waals surface area contributed by atoms with Gasteiger partial charge < -0.3 is 15.5 Å². The van der Waals surface area contributed by atoms with Crippen molar-refractivity contribution >= 4 is 40.7 Å². The number of nitrogen functional groups attached to an aromatic ring is 1. The number of anilines is 2. The molecule has 0 atom stereocenters. The molecule has 0 radical (unpaired) electrons. The lowest BCUT2D eigenvalue weighted by Crippen LogP contribution is -2.35. The van der Waals surface area contributed by atoms with Gasteiger partial charge in [0.1, 0.15) is 17.2 Å². The maximum Gasteiger partial charge on any atom is 0.253 e. The number of rotatable bonds is 2. The summed E-state index contributed by atoms with van der Waals surface area (Å²) in [6.07, 6.45) is 2.22. The maximum absolute atomic E-state index is 12.6. The molecule has 24 heavy (non-hydrogen) atoms. The van der Waals surface area contributed by atoms with Crippen LogP contribution in [0.5, 0.6) is 0 Å². The standard InChI is InChI=1S/C16H17Cl2N5O/c17-12-4-2-11(3-5-12)16(24)23-7-1-6-22(8-9-23)15-13(18)14(19)20-10-21-15/h2-5,10H,1,6-9H2,(H2,19,20,21). The van der Waals surface area contributed by atoms with Crippen LogP contribution in [0.15, 0.2) is 30.6 Å². The fourth-order valence-electron chi connectivity index (χ4n) is 2.70. The van der Waals surface area contributed by atoms with E-state index in [2.05, 4.69) is 9.97 Å². The van der Waals surface area contributed by atoms with Crippen LogP contribution in [0.4, 0.5) is 11.6 Å². The van der Waals surface area contributed by atoms with Gasteiger partial charge in [0.05, 0.1) is 0 Å². The Morgan fingerprint density at radius 2 is 1.79 bits per heavy atom. The van der Waals surface area contributed by atoms with E-state index in [9.17, 15) is 4.79 Å². The van der Waals surface area contributed by atoms with E-state index in [1.54, 1.807) is 24.3 Å². The number of amides is 1. The van der Waals surface area contributed by atoms with Crippen LogP contribution in [0.1, 0.15) is 16.8 Å². The summed E-state index contributed by atoms with van der Waals surface area (Å²) in [5, 5.41) is 0.972. The average molecular weight is 366 g/mol. The van der Waals surface area contributed by atoms with Crippen molar-refractivity contribution in [3.8, 4) is 0 Å². The highest BCUT2D eigenvalue weighted by molar-refractivity contribution is 6.35. The van der Waals surface area contributed by atoms with Gasteiger partial charge in [0.25, 0.3) is 5.91 Å². The highest BCUT2D eigenvalue weighted by atomic mass is 35.5. The van der Waals surface area contributed by atoms with Crippen LogP contribution in [0.3, 0.4) is 0 Å². The molecule has 0 saturated carbocycles. The number of hydrogen-bond acceptors (Lipinski definition) is 5. The van der Waals surface area contributed by atoms with E-state index in [0.717, 1.165) is 13.0 Å². The quantitative estimate of drug-likeness (QED) is 0.885. The van der Waals surface area contributed by atoms with Crippen molar-refractivity contribution in [3.63, 3.8) is 0 Å². The van der Waals surface area contributed by atoms with Crippen LogP contribution in [0.25, 0.3) is 0 Å². The Morgan fingerprint density at radius 1 is 1.04 bits per heavy atom. The fraction of sp³-hybridized carbons (Fsp3) is 0.312. The first-order valence-corrected chi connectivity index (χ1v) is 8.37. The molecule has 0 bridgehead atoms. The third kappa shape index (κ3) is 3.55. The van der Waals surface area contributed by atoms with E-state index in [1.807, 2.05) is 9.80 Å². The maximum atomic E-state index is 12.6. The molecule has 2 N–H and O–H groups in total. The number of hydrogen-bond donors (Lipinski definition) is 1. The topological polar surface area (TPSA) is 75.3 Å². The molecule has 8 heteroatoms. The third-order valence-electron chi connectivity index (χ3n) is 3.97. The minimum absolute atomic E-state index is 0.00168. The van der Waals surface area contributed by atoms with Crippen molar-refractivity contribution in [1.29, 1.82) is 0 Å². The molecule has 126 valence electrons. The van der Waals surface area contributed by atoms with E-state index in [4.69, 9.17) is 28.9 Å². The van der Waals surface area contributed by atoms with Gasteiger partial charge in [-0.2, -0.15) is 0 Å². The molecule has 0 aliphatic carbocycles. The molecule has 1 aliphatic rings. The van der Waals surface area contributed by atoms with Crippen molar-refractivity contribution < 1.29 is 4.79 Å². The van der Waals surface area contributed by atoms with Gasteiger partial charge >= 0.3 is 0 Å². The van der Waals surface area contributed by atoms with Gasteiger partial charge in [-0.3, -0.25) is 4.79 Å². The number of nitrogens with zero attached hydrogens (tertiary/aromatic N) is 4. The molecule has 2 aromatic rings. The van der Waals surface area contributed by atoms with Gasteiger partial charge in [-0.25, -0.2) is 9.97 Å². The normalized spacial score (nSPS) is 15.2. The second-order valence-electron chi connectivity index (χ2n) is 5.54. The molecule has 2 heterocycles. The number of benzene rings is 1. The molecule has 1 aliphatic heterocycles. The van der Waals surface area contributed by atoms with Gasteiger partial charge in [0.2, 0.25) is 0 Å². The third-order valence-corrected chi connectivity index (χ3v) is 4.59. The Balaban J connectivity index is 1.72. The minimum atomic E-state index is 0.00168. The van der Waals surface area contributed by atoms with Gasteiger partial charge in [0.15, 0.2) is 5.82 Å². The Labute approximate surface area is 150 Å². The van der Waals surface area contributed by atoms with E-state index in [-0.39, 0.29) is 11.7 Å². The first kappa shape index (κ1) is 16.8. The van der Waals surface area contributed by atoms with Gasteiger partial charge in [-0.15, -0.1) is 0 Å². The van der Waals surface area contributed by atoms with Crippen molar-refractivity contribution in [3.05, 3.63) is 46.2 Å². The Hall–Kier alpha value is -2.05. The second kappa shape index (κ2) is 7.23. The Morgan fingerprint density at radius 3 is 2.54 bits per heavy atom. The summed E-state index contributed by atoms with van der Waals surface area (Å²) in [6.45, 7) is 2.65. The molecule has 6 nitrogen and oxygen atoms in total. The van der Waals surface area contributed by atoms with E-state index >= 15 is 0 Å². The number of aromatic nitrogens is 2. The zero-order chi connectivity index (χ0) is 17.1. The number of carbonyl (C=O) groups excluding carboxylic acids is 1. The van der Waals surface area contributed by atoms with E-state index in [0.29, 0.717) is 41.1 Å². The van der Waals surface area contributed by atoms with Crippen LogP contribution < -0.4 is 10.6 Å². The molecule has 0 spiro atoms. The zero-order valence-electron chi connectivity index (χ0n) is 13.0. The summed E-state index contributed by atoms with van der Waals surface area (Å²) in [6, 6.07) is 6.94. The molecule has 0 unspecified atom stereocenters. The number of halogens is 2. The molecule has 1 saturated heterocycles. The van der Waals surface area contributed by atoms with Crippen LogP contribution in [0.2, 0.25) is 10.0 Å². The lowest BCUT2D eigenvalue weighted by Gasteiger charge is -2.23. The number of carbonyl (C=O) groups is 1.